The van der Waals surface area contributed by atoms with Crippen molar-refractivity contribution < 1.29 is 4.79 Å². The van der Waals surface area contributed by atoms with Gasteiger partial charge in [-0.3, -0.25) is 4.79 Å². The summed E-state index contributed by atoms with van der Waals surface area (Å²) in [7, 11) is 0. The van der Waals surface area contributed by atoms with Gasteiger partial charge in [0.1, 0.15) is 0 Å². The molecule has 3 N–H and O–H groups in total. The van der Waals surface area contributed by atoms with Crippen LogP contribution in [0.5, 0.6) is 0 Å². The SMILES string of the molecule is N#CC(N)C(=O)C1CCNCC1. The lowest BCUT2D eigenvalue weighted by atomic mass is 9.90. The van der Waals surface area contributed by atoms with E-state index in [0.717, 1.165) is 25.9 Å². The molecule has 4 heteroatoms. The summed E-state index contributed by atoms with van der Waals surface area (Å²) in [6.07, 6.45) is 1.63. The number of piperidine rings is 1. The summed E-state index contributed by atoms with van der Waals surface area (Å²) >= 11 is 0. The quantitative estimate of drug-likeness (QED) is 0.576. The Labute approximate surface area is 71.7 Å². The first kappa shape index (κ1) is 9.17. The summed E-state index contributed by atoms with van der Waals surface area (Å²) in [5.74, 6) is -0.0973. The van der Waals surface area contributed by atoms with E-state index in [9.17, 15) is 4.79 Å². The standard InChI is InChI=1S/C8H13N3O/c9-5-7(10)8(12)6-1-3-11-4-2-6/h6-7,11H,1-4,10H2. The molecular formula is C8H13N3O. The highest BCUT2D eigenvalue weighted by Gasteiger charge is 2.25. The Kier molecular flexibility index (Phi) is 3.20. The van der Waals surface area contributed by atoms with Crippen molar-refractivity contribution >= 4 is 5.78 Å². The van der Waals surface area contributed by atoms with Gasteiger partial charge in [-0.1, -0.05) is 0 Å². The fourth-order valence-electron chi connectivity index (χ4n) is 1.42. The minimum atomic E-state index is -0.923. The number of carbonyl (C=O) groups is 1. The van der Waals surface area contributed by atoms with Crippen molar-refractivity contribution in [2.24, 2.45) is 11.7 Å². The van der Waals surface area contributed by atoms with Gasteiger partial charge in [0, 0.05) is 5.92 Å². The van der Waals surface area contributed by atoms with E-state index >= 15 is 0 Å². The summed E-state index contributed by atoms with van der Waals surface area (Å²) in [5.41, 5.74) is 5.32. The molecule has 0 aliphatic carbocycles. The zero-order chi connectivity index (χ0) is 8.97. The number of Topliss-reactive ketones (excluding diaryl/α,β-unsaturated/α-hetero) is 1. The van der Waals surface area contributed by atoms with E-state index in [1.54, 1.807) is 6.07 Å². The van der Waals surface area contributed by atoms with Gasteiger partial charge in [-0.2, -0.15) is 5.26 Å². The fourth-order valence-corrected chi connectivity index (χ4v) is 1.42. The number of rotatable bonds is 2. The number of ketones is 1. The average molecular weight is 167 g/mol. The van der Waals surface area contributed by atoms with Gasteiger partial charge >= 0.3 is 0 Å². The van der Waals surface area contributed by atoms with Crippen molar-refractivity contribution in [1.29, 1.82) is 5.26 Å². The van der Waals surface area contributed by atoms with E-state index in [1.165, 1.54) is 0 Å². The van der Waals surface area contributed by atoms with E-state index < -0.39 is 6.04 Å². The fraction of sp³-hybridized carbons (Fsp3) is 0.750. The normalized spacial score (nSPS) is 21.3. The lowest BCUT2D eigenvalue weighted by molar-refractivity contribution is -0.123. The van der Waals surface area contributed by atoms with Crippen LogP contribution in [-0.2, 0) is 4.79 Å². The third kappa shape index (κ3) is 2.03. The van der Waals surface area contributed by atoms with Crippen LogP contribution >= 0.6 is 0 Å². The maximum atomic E-state index is 11.4. The van der Waals surface area contributed by atoms with Crippen molar-refractivity contribution in [2.45, 2.75) is 18.9 Å². The van der Waals surface area contributed by atoms with E-state index in [1.807, 2.05) is 0 Å². The summed E-state index contributed by atoms with van der Waals surface area (Å²) in [4.78, 5) is 11.4. The Morgan fingerprint density at radius 2 is 2.17 bits per heavy atom. The summed E-state index contributed by atoms with van der Waals surface area (Å²) in [6.45, 7) is 1.71. The number of nitrogens with zero attached hydrogens (tertiary/aromatic N) is 1. The van der Waals surface area contributed by atoms with Crippen molar-refractivity contribution in [3.05, 3.63) is 0 Å². The Bertz CT molecular complexity index is 203. The van der Waals surface area contributed by atoms with Crippen LogP contribution in [0.4, 0.5) is 0 Å². The van der Waals surface area contributed by atoms with Crippen LogP contribution in [0, 0.1) is 17.2 Å². The Morgan fingerprint density at radius 3 is 2.67 bits per heavy atom. The molecule has 0 saturated carbocycles. The van der Waals surface area contributed by atoms with Gasteiger partial charge in [0.05, 0.1) is 6.07 Å². The van der Waals surface area contributed by atoms with Crippen molar-refractivity contribution in [2.75, 3.05) is 13.1 Å². The second-order valence-corrected chi connectivity index (χ2v) is 3.03. The second-order valence-electron chi connectivity index (χ2n) is 3.03. The molecule has 12 heavy (non-hydrogen) atoms. The van der Waals surface area contributed by atoms with E-state index in [0.29, 0.717) is 0 Å². The van der Waals surface area contributed by atoms with Gasteiger partial charge in [0.2, 0.25) is 0 Å². The van der Waals surface area contributed by atoms with Gasteiger partial charge < -0.3 is 11.1 Å². The smallest absolute Gasteiger partial charge is 0.167 e. The number of hydrogen-bond acceptors (Lipinski definition) is 4. The molecule has 0 radical (unpaired) electrons. The number of hydrogen-bond donors (Lipinski definition) is 2. The van der Waals surface area contributed by atoms with Gasteiger partial charge in [0.15, 0.2) is 11.8 Å². The highest BCUT2D eigenvalue weighted by Crippen LogP contribution is 2.13. The summed E-state index contributed by atoms with van der Waals surface area (Å²) in [5, 5.41) is 11.6. The lowest BCUT2D eigenvalue weighted by Gasteiger charge is -2.21. The van der Waals surface area contributed by atoms with Crippen molar-refractivity contribution in [1.82, 2.24) is 5.32 Å². The van der Waals surface area contributed by atoms with Crippen LogP contribution in [0.25, 0.3) is 0 Å². The van der Waals surface area contributed by atoms with Crippen LogP contribution in [0.15, 0.2) is 0 Å². The van der Waals surface area contributed by atoms with Crippen LogP contribution in [-0.4, -0.2) is 24.9 Å². The van der Waals surface area contributed by atoms with Crippen LogP contribution in [0.1, 0.15) is 12.8 Å². The minimum Gasteiger partial charge on any atom is -0.317 e. The van der Waals surface area contributed by atoms with E-state index in [-0.39, 0.29) is 11.7 Å². The average Bonchev–Trinajstić information content (AvgIpc) is 2.17. The molecule has 1 saturated heterocycles. The van der Waals surface area contributed by atoms with Crippen LogP contribution < -0.4 is 11.1 Å². The maximum absolute atomic E-state index is 11.4. The first-order chi connectivity index (χ1) is 5.75. The van der Waals surface area contributed by atoms with Crippen molar-refractivity contribution in [3.63, 3.8) is 0 Å². The number of nitriles is 1. The Morgan fingerprint density at radius 1 is 1.58 bits per heavy atom. The monoisotopic (exact) mass is 167 g/mol. The first-order valence-electron chi connectivity index (χ1n) is 4.15. The predicted molar refractivity (Wildman–Crippen MR) is 44.2 cm³/mol. The van der Waals surface area contributed by atoms with Gasteiger partial charge in [-0.25, -0.2) is 0 Å². The van der Waals surface area contributed by atoms with E-state index in [2.05, 4.69) is 5.32 Å². The molecule has 66 valence electrons. The molecule has 4 nitrogen and oxygen atoms in total. The van der Waals surface area contributed by atoms with Gasteiger partial charge in [-0.05, 0) is 25.9 Å². The molecule has 1 aliphatic heterocycles. The number of nitrogens with one attached hydrogen (secondary N) is 1. The van der Waals surface area contributed by atoms with E-state index in [4.69, 9.17) is 11.0 Å². The number of nitrogens with two attached hydrogens (primary N) is 1. The molecule has 1 rings (SSSR count). The molecule has 0 aromatic rings. The highest BCUT2D eigenvalue weighted by atomic mass is 16.1. The summed E-state index contributed by atoms with van der Waals surface area (Å²) in [6, 6.07) is 0.847. The first-order valence-corrected chi connectivity index (χ1v) is 4.15. The second kappa shape index (κ2) is 4.19. The number of carbonyl (C=O) groups excluding carboxylic acids is 1. The van der Waals surface area contributed by atoms with Crippen LogP contribution in [0.2, 0.25) is 0 Å². The van der Waals surface area contributed by atoms with Crippen LogP contribution in [0.3, 0.4) is 0 Å². The predicted octanol–water partition coefficient (Wildman–Crippen LogP) is -0.594. The zero-order valence-electron chi connectivity index (χ0n) is 6.92. The Balaban J connectivity index is 2.46. The highest BCUT2D eigenvalue weighted by molar-refractivity contribution is 5.88. The topological polar surface area (TPSA) is 78.9 Å². The maximum Gasteiger partial charge on any atom is 0.167 e. The van der Waals surface area contributed by atoms with Crippen molar-refractivity contribution in [3.8, 4) is 6.07 Å². The zero-order valence-corrected chi connectivity index (χ0v) is 6.92. The molecule has 0 aromatic heterocycles. The Hall–Kier alpha value is -0.920. The molecule has 0 spiro atoms. The third-order valence-electron chi connectivity index (χ3n) is 2.19. The molecule has 1 atom stereocenters. The third-order valence-corrected chi connectivity index (χ3v) is 2.19. The molecule has 1 aliphatic rings. The molecule has 1 fully saturated rings. The molecule has 1 unspecified atom stereocenters. The minimum absolute atomic E-state index is 0.000833. The van der Waals surface area contributed by atoms with Gasteiger partial charge in [-0.15, -0.1) is 0 Å². The largest absolute Gasteiger partial charge is 0.317 e. The lowest BCUT2D eigenvalue weighted by Crippen LogP contribution is -2.39. The molecule has 0 aromatic carbocycles. The van der Waals surface area contributed by atoms with Gasteiger partial charge in [0.25, 0.3) is 0 Å². The molecular weight excluding hydrogens is 154 g/mol. The molecule has 0 bridgehead atoms. The molecule has 0 amide bonds. The molecule has 1 heterocycles. The summed E-state index contributed by atoms with van der Waals surface area (Å²) < 4.78 is 0.